The molecular weight excluding hydrogens is 234 g/mol. The molecule has 0 radical (unpaired) electrons. The summed E-state index contributed by atoms with van der Waals surface area (Å²) in [4.78, 5) is 5.07. The molecule has 0 spiro atoms. The first kappa shape index (κ1) is 14.4. The Labute approximate surface area is 117 Å². The van der Waals surface area contributed by atoms with Crippen LogP contribution in [0.15, 0.2) is 24.3 Å². The first-order valence-electron chi connectivity index (χ1n) is 7.50. The number of likely N-dealkylation sites (N-methyl/N-ethyl adjacent to an activating group) is 1. The molecule has 0 bridgehead atoms. The van der Waals surface area contributed by atoms with Gasteiger partial charge in [-0.15, -0.1) is 0 Å². The van der Waals surface area contributed by atoms with Crippen molar-refractivity contribution in [3.05, 3.63) is 29.8 Å². The molecule has 106 valence electrons. The predicted molar refractivity (Wildman–Crippen MR) is 82.6 cm³/mol. The second-order valence-corrected chi connectivity index (χ2v) is 5.46. The molecule has 1 aliphatic heterocycles. The van der Waals surface area contributed by atoms with Gasteiger partial charge in [0.2, 0.25) is 0 Å². The van der Waals surface area contributed by atoms with Crippen LogP contribution in [0.4, 0.5) is 5.69 Å². The standard InChI is InChI=1S/C16H27N3/c1-4-18(5-2)14-10-11-19(12-14)16-9-7-6-8-15(16)13(3)17/h6-9,13-14H,4-5,10-12,17H2,1-3H3/t13-,14?/m1/s1. The molecule has 2 atom stereocenters. The fourth-order valence-electron chi connectivity index (χ4n) is 3.16. The summed E-state index contributed by atoms with van der Waals surface area (Å²) in [6.45, 7) is 11.1. The van der Waals surface area contributed by atoms with Crippen molar-refractivity contribution in [2.24, 2.45) is 5.73 Å². The Bertz CT molecular complexity index is 399. The summed E-state index contributed by atoms with van der Waals surface area (Å²) in [5.41, 5.74) is 8.68. The van der Waals surface area contributed by atoms with E-state index in [2.05, 4.69) is 54.8 Å². The Hall–Kier alpha value is -1.06. The van der Waals surface area contributed by atoms with Gasteiger partial charge in [-0.25, -0.2) is 0 Å². The first-order chi connectivity index (χ1) is 9.17. The van der Waals surface area contributed by atoms with E-state index in [0.717, 1.165) is 26.2 Å². The van der Waals surface area contributed by atoms with Gasteiger partial charge < -0.3 is 10.6 Å². The number of rotatable bonds is 5. The van der Waals surface area contributed by atoms with Crippen LogP contribution < -0.4 is 10.6 Å². The van der Waals surface area contributed by atoms with E-state index >= 15 is 0 Å². The van der Waals surface area contributed by atoms with Crippen LogP contribution in [0, 0.1) is 0 Å². The van der Waals surface area contributed by atoms with Crippen LogP contribution in [-0.2, 0) is 0 Å². The molecule has 0 aliphatic carbocycles. The Morgan fingerprint density at radius 3 is 2.63 bits per heavy atom. The van der Waals surface area contributed by atoms with E-state index in [-0.39, 0.29) is 6.04 Å². The maximum Gasteiger partial charge on any atom is 0.0415 e. The van der Waals surface area contributed by atoms with Gasteiger partial charge in [-0.2, -0.15) is 0 Å². The molecule has 2 N–H and O–H groups in total. The van der Waals surface area contributed by atoms with Gasteiger partial charge in [0, 0.05) is 30.9 Å². The maximum absolute atomic E-state index is 6.09. The summed E-state index contributed by atoms with van der Waals surface area (Å²) in [7, 11) is 0. The molecule has 2 rings (SSSR count). The lowest BCUT2D eigenvalue weighted by atomic mass is 10.1. The van der Waals surface area contributed by atoms with Crippen LogP contribution in [0.1, 0.15) is 38.8 Å². The fraction of sp³-hybridized carbons (Fsp3) is 0.625. The smallest absolute Gasteiger partial charge is 0.0415 e. The van der Waals surface area contributed by atoms with Crippen LogP contribution in [0.3, 0.4) is 0 Å². The molecule has 1 fully saturated rings. The summed E-state index contributed by atoms with van der Waals surface area (Å²) in [5, 5.41) is 0. The summed E-state index contributed by atoms with van der Waals surface area (Å²) in [6.07, 6.45) is 1.26. The van der Waals surface area contributed by atoms with E-state index in [9.17, 15) is 0 Å². The quantitative estimate of drug-likeness (QED) is 0.884. The number of hydrogen-bond donors (Lipinski definition) is 1. The van der Waals surface area contributed by atoms with Gasteiger partial charge in [0.05, 0.1) is 0 Å². The summed E-state index contributed by atoms with van der Waals surface area (Å²) in [6, 6.07) is 9.36. The Morgan fingerprint density at radius 1 is 1.32 bits per heavy atom. The van der Waals surface area contributed by atoms with E-state index in [1.807, 2.05) is 0 Å². The molecular formula is C16H27N3. The molecule has 0 saturated carbocycles. The Balaban J connectivity index is 2.13. The van der Waals surface area contributed by atoms with Crippen molar-refractivity contribution >= 4 is 5.69 Å². The zero-order chi connectivity index (χ0) is 13.8. The average Bonchev–Trinajstić information content (AvgIpc) is 2.89. The molecule has 19 heavy (non-hydrogen) atoms. The number of para-hydroxylation sites is 1. The molecule has 1 heterocycles. The summed E-state index contributed by atoms with van der Waals surface area (Å²) in [5.74, 6) is 0. The highest BCUT2D eigenvalue weighted by atomic mass is 15.3. The first-order valence-corrected chi connectivity index (χ1v) is 7.50. The van der Waals surface area contributed by atoms with Gasteiger partial charge in [0.15, 0.2) is 0 Å². The van der Waals surface area contributed by atoms with Crippen molar-refractivity contribution in [2.45, 2.75) is 39.3 Å². The second-order valence-electron chi connectivity index (χ2n) is 5.46. The van der Waals surface area contributed by atoms with Crippen LogP contribution in [0.2, 0.25) is 0 Å². The fourth-order valence-corrected chi connectivity index (χ4v) is 3.16. The normalized spacial score (nSPS) is 21.1. The summed E-state index contributed by atoms with van der Waals surface area (Å²) < 4.78 is 0. The zero-order valence-electron chi connectivity index (χ0n) is 12.5. The van der Waals surface area contributed by atoms with Crippen molar-refractivity contribution in [3.63, 3.8) is 0 Å². The van der Waals surface area contributed by atoms with Crippen LogP contribution in [-0.4, -0.2) is 37.1 Å². The molecule has 3 heteroatoms. The van der Waals surface area contributed by atoms with Gasteiger partial charge in [0.1, 0.15) is 0 Å². The predicted octanol–water partition coefficient (Wildman–Crippen LogP) is 2.63. The second kappa shape index (κ2) is 6.40. The third-order valence-electron chi connectivity index (χ3n) is 4.26. The van der Waals surface area contributed by atoms with E-state index in [1.165, 1.54) is 17.7 Å². The van der Waals surface area contributed by atoms with Crippen molar-refractivity contribution in [1.29, 1.82) is 0 Å². The third kappa shape index (κ3) is 3.10. The minimum atomic E-state index is 0.101. The van der Waals surface area contributed by atoms with Gasteiger partial charge in [-0.3, -0.25) is 4.90 Å². The highest BCUT2D eigenvalue weighted by Gasteiger charge is 2.27. The molecule has 1 saturated heterocycles. The van der Waals surface area contributed by atoms with E-state index in [0.29, 0.717) is 6.04 Å². The van der Waals surface area contributed by atoms with Crippen molar-refractivity contribution in [2.75, 3.05) is 31.1 Å². The molecule has 1 aromatic rings. The minimum absolute atomic E-state index is 0.101. The van der Waals surface area contributed by atoms with Gasteiger partial charge in [-0.05, 0) is 38.1 Å². The number of nitrogens with zero attached hydrogens (tertiary/aromatic N) is 2. The van der Waals surface area contributed by atoms with Crippen molar-refractivity contribution in [3.8, 4) is 0 Å². The van der Waals surface area contributed by atoms with Gasteiger partial charge in [-0.1, -0.05) is 32.0 Å². The van der Waals surface area contributed by atoms with Crippen molar-refractivity contribution in [1.82, 2.24) is 4.90 Å². The van der Waals surface area contributed by atoms with Crippen LogP contribution in [0.25, 0.3) is 0 Å². The lowest BCUT2D eigenvalue weighted by Crippen LogP contribution is -2.37. The molecule has 3 nitrogen and oxygen atoms in total. The number of anilines is 1. The largest absolute Gasteiger partial charge is 0.370 e. The van der Waals surface area contributed by atoms with Crippen LogP contribution >= 0.6 is 0 Å². The molecule has 0 amide bonds. The highest BCUT2D eigenvalue weighted by molar-refractivity contribution is 5.55. The third-order valence-corrected chi connectivity index (χ3v) is 4.26. The number of hydrogen-bond acceptors (Lipinski definition) is 3. The summed E-state index contributed by atoms with van der Waals surface area (Å²) >= 11 is 0. The van der Waals surface area contributed by atoms with E-state index in [4.69, 9.17) is 5.73 Å². The van der Waals surface area contributed by atoms with Gasteiger partial charge in [0.25, 0.3) is 0 Å². The molecule has 1 aliphatic rings. The van der Waals surface area contributed by atoms with Gasteiger partial charge >= 0.3 is 0 Å². The SMILES string of the molecule is CCN(CC)C1CCN(c2ccccc2[C@@H](C)N)C1. The molecule has 1 aromatic carbocycles. The minimum Gasteiger partial charge on any atom is -0.370 e. The lowest BCUT2D eigenvalue weighted by Gasteiger charge is -2.28. The topological polar surface area (TPSA) is 32.5 Å². The highest BCUT2D eigenvalue weighted by Crippen LogP contribution is 2.29. The zero-order valence-corrected chi connectivity index (χ0v) is 12.5. The molecule has 1 unspecified atom stereocenters. The Morgan fingerprint density at radius 2 is 2.00 bits per heavy atom. The van der Waals surface area contributed by atoms with Crippen LogP contribution in [0.5, 0.6) is 0 Å². The number of nitrogens with two attached hydrogens (primary N) is 1. The van der Waals surface area contributed by atoms with E-state index < -0.39 is 0 Å². The molecule has 0 aromatic heterocycles. The monoisotopic (exact) mass is 261 g/mol. The Kier molecular flexibility index (Phi) is 4.83. The lowest BCUT2D eigenvalue weighted by molar-refractivity contribution is 0.232. The average molecular weight is 261 g/mol. The maximum atomic E-state index is 6.09. The number of benzene rings is 1. The van der Waals surface area contributed by atoms with E-state index in [1.54, 1.807) is 0 Å². The van der Waals surface area contributed by atoms with Crippen molar-refractivity contribution < 1.29 is 0 Å².